The van der Waals surface area contributed by atoms with Crippen LogP contribution in [0.4, 0.5) is 0 Å². The molecule has 0 saturated heterocycles. The highest BCUT2D eigenvalue weighted by Gasteiger charge is 2.28. The minimum Gasteiger partial charge on any atom is -0.512 e. The fourth-order valence-corrected chi connectivity index (χ4v) is 2.36. The minimum absolute atomic E-state index is 0.128. The van der Waals surface area contributed by atoms with Crippen LogP contribution >= 0.6 is 0 Å². The summed E-state index contributed by atoms with van der Waals surface area (Å²) in [5.41, 5.74) is 0.768. The van der Waals surface area contributed by atoms with Crippen molar-refractivity contribution in [1.82, 2.24) is 0 Å². The first-order valence-electron chi connectivity index (χ1n) is 6.41. The first kappa shape index (κ1) is 14.4. The van der Waals surface area contributed by atoms with Gasteiger partial charge >= 0.3 is 0 Å². The average molecular weight is 278 g/mol. The second-order valence-corrected chi connectivity index (χ2v) is 5.02. The normalized spacial score (nSPS) is 23.9. The van der Waals surface area contributed by atoms with Gasteiger partial charge in [0.2, 0.25) is 0 Å². The Kier molecular flexibility index (Phi) is 4.32. The molecule has 1 aromatic carbocycles. The highest BCUT2D eigenvalue weighted by molar-refractivity contribution is 5.28. The summed E-state index contributed by atoms with van der Waals surface area (Å²) in [7, 11) is 0. The third kappa shape index (κ3) is 3.53. The van der Waals surface area contributed by atoms with E-state index in [0.717, 1.165) is 5.56 Å². The molecule has 1 aliphatic carbocycles. The molecular weight excluding hydrogens is 260 g/mol. The Labute approximate surface area is 116 Å². The maximum Gasteiger partial charge on any atom is 0.117 e. The van der Waals surface area contributed by atoms with Gasteiger partial charge in [0, 0.05) is 12.0 Å². The molecule has 20 heavy (non-hydrogen) atoms. The number of benzene rings is 1. The number of phenols is 1. The van der Waals surface area contributed by atoms with Crippen molar-refractivity contribution in [3.63, 3.8) is 0 Å². The molecule has 1 aromatic rings. The average Bonchev–Trinajstić information content (AvgIpc) is 2.33. The first-order valence-corrected chi connectivity index (χ1v) is 6.41. The van der Waals surface area contributed by atoms with Crippen molar-refractivity contribution >= 4 is 0 Å². The van der Waals surface area contributed by atoms with Crippen LogP contribution in [0.2, 0.25) is 0 Å². The lowest BCUT2D eigenvalue weighted by Crippen LogP contribution is -2.28. The van der Waals surface area contributed by atoms with Crippen molar-refractivity contribution in [3.8, 4) is 5.75 Å². The smallest absolute Gasteiger partial charge is 0.117 e. The van der Waals surface area contributed by atoms with E-state index in [0.29, 0.717) is 6.42 Å². The van der Waals surface area contributed by atoms with Crippen LogP contribution in [0.5, 0.6) is 5.75 Å². The van der Waals surface area contributed by atoms with E-state index in [1.54, 1.807) is 24.3 Å². The second-order valence-electron chi connectivity index (χ2n) is 5.02. The molecule has 0 saturated carbocycles. The van der Waals surface area contributed by atoms with Crippen LogP contribution in [0.3, 0.4) is 0 Å². The third-order valence-electron chi connectivity index (χ3n) is 3.34. The third-order valence-corrected chi connectivity index (χ3v) is 3.34. The van der Waals surface area contributed by atoms with E-state index in [1.165, 1.54) is 12.2 Å². The van der Waals surface area contributed by atoms with Gasteiger partial charge in [0.15, 0.2) is 0 Å². The summed E-state index contributed by atoms with van der Waals surface area (Å²) in [5.74, 6) is -0.845. The molecule has 0 spiro atoms. The number of aliphatic hydroxyl groups excluding tert-OH is 4. The van der Waals surface area contributed by atoms with Crippen LogP contribution in [0, 0.1) is 5.92 Å². The van der Waals surface area contributed by atoms with E-state index >= 15 is 0 Å². The van der Waals surface area contributed by atoms with Crippen molar-refractivity contribution in [2.24, 2.45) is 5.92 Å². The molecule has 1 aliphatic rings. The Morgan fingerprint density at radius 3 is 2.55 bits per heavy atom. The zero-order valence-corrected chi connectivity index (χ0v) is 10.8. The fraction of sp³-hybridized carbons (Fsp3) is 0.333. The summed E-state index contributed by atoms with van der Waals surface area (Å²) < 4.78 is 0. The highest BCUT2D eigenvalue weighted by Crippen LogP contribution is 2.27. The lowest BCUT2D eigenvalue weighted by molar-refractivity contribution is 0.0769. The Morgan fingerprint density at radius 2 is 1.90 bits per heavy atom. The number of allylic oxidation sites excluding steroid dienone is 1. The molecule has 2 rings (SSSR count). The van der Waals surface area contributed by atoms with Crippen molar-refractivity contribution in [2.45, 2.75) is 25.0 Å². The molecule has 0 radical (unpaired) electrons. The molecule has 0 bridgehead atoms. The van der Waals surface area contributed by atoms with Gasteiger partial charge in [-0.15, -0.1) is 0 Å². The van der Waals surface area contributed by atoms with Crippen LogP contribution in [-0.2, 0) is 6.42 Å². The molecule has 0 aliphatic heterocycles. The molecule has 3 atom stereocenters. The molecule has 5 nitrogen and oxygen atoms in total. The molecule has 0 heterocycles. The van der Waals surface area contributed by atoms with E-state index in [9.17, 15) is 25.5 Å². The monoisotopic (exact) mass is 278 g/mol. The Balaban J connectivity index is 1.98. The molecule has 3 unspecified atom stereocenters. The zero-order valence-electron chi connectivity index (χ0n) is 10.8. The number of hydrogen-bond acceptors (Lipinski definition) is 5. The molecule has 0 fully saturated rings. The van der Waals surface area contributed by atoms with Crippen LogP contribution in [0.15, 0.2) is 47.9 Å². The number of rotatable bonds is 4. The number of phenolic OH excluding ortho intramolecular Hbond substituents is 1. The van der Waals surface area contributed by atoms with Crippen LogP contribution in [0.25, 0.3) is 0 Å². The molecular formula is C15H18O5. The summed E-state index contributed by atoms with van der Waals surface area (Å²) in [6, 6.07) is 6.57. The first-order chi connectivity index (χ1) is 9.45. The summed E-state index contributed by atoms with van der Waals surface area (Å²) in [6.45, 7) is 0. The fourth-order valence-electron chi connectivity index (χ4n) is 2.36. The summed E-state index contributed by atoms with van der Waals surface area (Å²) in [4.78, 5) is 0. The van der Waals surface area contributed by atoms with E-state index in [1.807, 2.05) is 0 Å². The van der Waals surface area contributed by atoms with Crippen molar-refractivity contribution < 1.29 is 25.5 Å². The largest absolute Gasteiger partial charge is 0.512 e. The Hall–Kier alpha value is -1.98. The van der Waals surface area contributed by atoms with Gasteiger partial charge in [0.25, 0.3) is 0 Å². The van der Waals surface area contributed by atoms with Crippen LogP contribution < -0.4 is 0 Å². The van der Waals surface area contributed by atoms with Crippen molar-refractivity contribution in [1.29, 1.82) is 0 Å². The topological polar surface area (TPSA) is 101 Å². The van der Waals surface area contributed by atoms with E-state index < -0.39 is 18.1 Å². The molecule has 108 valence electrons. The quantitative estimate of drug-likeness (QED) is 0.575. The maximum absolute atomic E-state index is 10.0. The summed E-state index contributed by atoms with van der Waals surface area (Å²) in [5, 5.41) is 48.1. The van der Waals surface area contributed by atoms with E-state index in [-0.39, 0.29) is 23.7 Å². The predicted molar refractivity (Wildman–Crippen MR) is 73.4 cm³/mol. The Morgan fingerprint density at radius 1 is 1.15 bits per heavy atom. The zero-order chi connectivity index (χ0) is 14.7. The summed E-state index contributed by atoms with van der Waals surface area (Å²) >= 11 is 0. The molecule has 0 amide bonds. The van der Waals surface area contributed by atoms with Crippen molar-refractivity contribution in [2.75, 3.05) is 0 Å². The van der Waals surface area contributed by atoms with Gasteiger partial charge in [0.05, 0.1) is 12.2 Å². The maximum atomic E-state index is 10.0. The van der Waals surface area contributed by atoms with Crippen molar-refractivity contribution in [3.05, 3.63) is 53.5 Å². The van der Waals surface area contributed by atoms with Gasteiger partial charge in [-0.2, -0.15) is 0 Å². The standard InChI is InChI=1S/C15H18O5/c16-10-3-1-2-9(4-10)5-11(17)6-13-14(19)7-12(18)8-15(13)20/h1-4,7-8,11,13-14,16-20H,5-6H2. The molecule has 5 N–H and O–H groups in total. The second kappa shape index (κ2) is 5.98. The van der Waals surface area contributed by atoms with Gasteiger partial charge in [-0.3, -0.25) is 0 Å². The van der Waals surface area contributed by atoms with Gasteiger partial charge in [-0.25, -0.2) is 0 Å². The van der Waals surface area contributed by atoms with Crippen LogP contribution in [-0.4, -0.2) is 37.7 Å². The van der Waals surface area contributed by atoms with Crippen LogP contribution in [0.1, 0.15) is 12.0 Å². The molecule has 0 aromatic heterocycles. The van der Waals surface area contributed by atoms with Gasteiger partial charge in [0.1, 0.15) is 17.3 Å². The minimum atomic E-state index is -1.03. The Bertz CT molecular complexity index is 535. The molecule has 5 heteroatoms. The lowest BCUT2D eigenvalue weighted by Gasteiger charge is -2.25. The highest BCUT2D eigenvalue weighted by atomic mass is 16.3. The van der Waals surface area contributed by atoms with Gasteiger partial charge in [-0.05, 0) is 36.6 Å². The lowest BCUT2D eigenvalue weighted by atomic mass is 9.88. The van der Waals surface area contributed by atoms with E-state index in [4.69, 9.17) is 0 Å². The predicted octanol–water partition coefficient (Wildman–Crippen LogP) is 1.56. The number of aliphatic hydroxyl groups is 4. The van der Waals surface area contributed by atoms with Gasteiger partial charge in [-0.1, -0.05) is 12.1 Å². The van der Waals surface area contributed by atoms with Gasteiger partial charge < -0.3 is 25.5 Å². The number of hydrogen-bond donors (Lipinski definition) is 5. The summed E-state index contributed by atoms with van der Waals surface area (Å²) in [6.07, 6.45) is 1.05. The number of aromatic hydroxyl groups is 1. The SMILES string of the molecule is OC1=CC(O)C(CC(O)Cc2cccc(O)c2)C(O)=C1. The van der Waals surface area contributed by atoms with E-state index in [2.05, 4.69) is 0 Å².